The summed E-state index contributed by atoms with van der Waals surface area (Å²) in [5, 5.41) is 12.4. The first kappa shape index (κ1) is 13.8. The Morgan fingerprint density at radius 1 is 1.65 bits per heavy atom. The van der Waals surface area contributed by atoms with Crippen molar-refractivity contribution in [1.82, 2.24) is 4.98 Å². The number of rotatable bonds is 6. The van der Waals surface area contributed by atoms with Gasteiger partial charge < -0.3 is 11.1 Å². The van der Waals surface area contributed by atoms with Gasteiger partial charge in [-0.25, -0.2) is 4.98 Å². The van der Waals surface area contributed by atoms with E-state index < -0.39 is 0 Å². The molecule has 0 bridgehead atoms. The molecule has 0 aliphatic heterocycles. The second-order valence-corrected chi connectivity index (χ2v) is 4.23. The van der Waals surface area contributed by atoms with Crippen molar-refractivity contribution in [3.63, 3.8) is 0 Å². The number of anilines is 1. The van der Waals surface area contributed by atoms with Crippen molar-refractivity contribution in [3.05, 3.63) is 22.8 Å². The third-order valence-electron chi connectivity index (χ3n) is 2.54. The van der Waals surface area contributed by atoms with Crippen molar-refractivity contribution in [3.8, 4) is 6.07 Å². The van der Waals surface area contributed by atoms with Gasteiger partial charge in [0, 0.05) is 18.8 Å². The fraction of sp³-hybridized carbons (Fsp3) is 0.500. The van der Waals surface area contributed by atoms with E-state index >= 15 is 0 Å². The summed E-state index contributed by atoms with van der Waals surface area (Å²) in [5.74, 6) is 0.539. The Labute approximate surface area is 107 Å². The summed E-state index contributed by atoms with van der Waals surface area (Å²) in [6.45, 7) is 2.66. The van der Waals surface area contributed by atoms with Gasteiger partial charge in [0.05, 0.1) is 5.56 Å². The highest BCUT2D eigenvalue weighted by atomic mass is 35.5. The summed E-state index contributed by atoms with van der Waals surface area (Å²) in [5.41, 5.74) is 6.11. The van der Waals surface area contributed by atoms with Crippen molar-refractivity contribution >= 4 is 17.4 Å². The molecule has 3 N–H and O–H groups in total. The van der Waals surface area contributed by atoms with Gasteiger partial charge in [0.1, 0.15) is 16.9 Å². The van der Waals surface area contributed by atoms with E-state index in [1.807, 2.05) is 6.07 Å². The molecule has 4 nitrogen and oxygen atoms in total. The first-order valence-electron chi connectivity index (χ1n) is 5.74. The highest BCUT2D eigenvalue weighted by Gasteiger charge is 2.11. The molecule has 1 unspecified atom stereocenters. The minimum atomic E-state index is 0.147. The molecule has 17 heavy (non-hydrogen) atoms. The van der Waals surface area contributed by atoms with Crippen molar-refractivity contribution in [2.24, 2.45) is 5.73 Å². The lowest BCUT2D eigenvalue weighted by Gasteiger charge is -2.18. The fourth-order valence-electron chi connectivity index (χ4n) is 1.52. The van der Waals surface area contributed by atoms with Gasteiger partial charge in [0.2, 0.25) is 0 Å². The van der Waals surface area contributed by atoms with Crippen LogP contribution >= 0.6 is 11.6 Å². The second kappa shape index (κ2) is 7.10. The lowest BCUT2D eigenvalue weighted by molar-refractivity contribution is 0.612. The van der Waals surface area contributed by atoms with Gasteiger partial charge in [0.25, 0.3) is 0 Å². The number of unbranched alkanes of at least 4 members (excludes halogenated alkanes) is 1. The monoisotopic (exact) mass is 252 g/mol. The van der Waals surface area contributed by atoms with Crippen LogP contribution in [0.25, 0.3) is 0 Å². The fourth-order valence-corrected chi connectivity index (χ4v) is 1.73. The number of nitrogens with zero attached hydrogens (tertiary/aromatic N) is 2. The summed E-state index contributed by atoms with van der Waals surface area (Å²) in [7, 11) is 0. The van der Waals surface area contributed by atoms with E-state index in [0.717, 1.165) is 19.3 Å². The van der Waals surface area contributed by atoms with Gasteiger partial charge in [-0.05, 0) is 12.5 Å². The van der Waals surface area contributed by atoms with Gasteiger partial charge in [-0.1, -0.05) is 31.4 Å². The van der Waals surface area contributed by atoms with Crippen molar-refractivity contribution in [2.45, 2.75) is 32.2 Å². The molecule has 0 saturated carbocycles. The Balaban J connectivity index is 2.76. The molecule has 0 spiro atoms. The number of pyridine rings is 1. The number of aromatic nitrogens is 1. The predicted octanol–water partition coefficient (Wildman–Crippen LogP) is 2.54. The Morgan fingerprint density at radius 3 is 3.00 bits per heavy atom. The quantitative estimate of drug-likeness (QED) is 0.816. The Hall–Kier alpha value is -1.31. The van der Waals surface area contributed by atoms with Crippen molar-refractivity contribution in [2.75, 3.05) is 11.9 Å². The maximum absolute atomic E-state index is 8.86. The lowest BCUT2D eigenvalue weighted by atomic mass is 10.1. The number of hydrogen-bond acceptors (Lipinski definition) is 4. The maximum atomic E-state index is 8.86. The molecule has 0 aliphatic carbocycles. The van der Waals surface area contributed by atoms with Crippen LogP contribution in [0.4, 0.5) is 5.82 Å². The molecule has 92 valence electrons. The standard InChI is InChI=1S/C12H17ClN4/c1-2-3-4-10(8-15)17-12-11(13)9(7-14)5-6-16-12/h5-6,10H,2-4,8,15H2,1H3,(H,16,17). The molecule has 0 radical (unpaired) electrons. The molecule has 1 aromatic rings. The lowest BCUT2D eigenvalue weighted by Crippen LogP contribution is -2.29. The highest BCUT2D eigenvalue weighted by Crippen LogP contribution is 2.23. The molecule has 0 amide bonds. The zero-order valence-electron chi connectivity index (χ0n) is 9.91. The van der Waals surface area contributed by atoms with Gasteiger partial charge in [-0.2, -0.15) is 5.26 Å². The first-order chi connectivity index (χ1) is 8.22. The smallest absolute Gasteiger partial charge is 0.146 e. The van der Waals surface area contributed by atoms with E-state index in [1.165, 1.54) is 0 Å². The van der Waals surface area contributed by atoms with Crippen LogP contribution in [0, 0.1) is 11.3 Å². The summed E-state index contributed by atoms with van der Waals surface area (Å²) in [6, 6.07) is 3.77. The zero-order chi connectivity index (χ0) is 12.7. The third kappa shape index (κ3) is 3.88. The van der Waals surface area contributed by atoms with E-state index in [9.17, 15) is 0 Å². The molecule has 0 aromatic carbocycles. The molecule has 0 aliphatic rings. The van der Waals surface area contributed by atoms with Crippen LogP contribution in [0.15, 0.2) is 12.3 Å². The van der Waals surface area contributed by atoms with Crippen LogP contribution < -0.4 is 11.1 Å². The second-order valence-electron chi connectivity index (χ2n) is 3.85. The number of nitrogens with two attached hydrogens (primary N) is 1. The van der Waals surface area contributed by atoms with Crippen LogP contribution in [-0.4, -0.2) is 17.6 Å². The van der Waals surface area contributed by atoms with E-state index in [4.69, 9.17) is 22.6 Å². The minimum Gasteiger partial charge on any atom is -0.365 e. The molecule has 5 heteroatoms. The zero-order valence-corrected chi connectivity index (χ0v) is 10.7. The van der Waals surface area contributed by atoms with Crippen molar-refractivity contribution < 1.29 is 0 Å². The number of nitrogens with one attached hydrogen (secondary N) is 1. The summed E-state index contributed by atoms with van der Waals surface area (Å²) in [4.78, 5) is 4.13. The van der Waals surface area contributed by atoms with Crippen LogP contribution in [0.2, 0.25) is 5.02 Å². The molecule has 1 atom stereocenters. The van der Waals surface area contributed by atoms with E-state index in [0.29, 0.717) is 22.9 Å². The Morgan fingerprint density at radius 2 is 2.41 bits per heavy atom. The molecular weight excluding hydrogens is 236 g/mol. The molecule has 1 aromatic heterocycles. The van der Waals surface area contributed by atoms with Gasteiger partial charge in [-0.15, -0.1) is 0 Å². The maximum Gasteiger partial charge on any atom is 0.146 e. The average Bonchev–Trinajstić information content (AvgIpc) is 2.36. The van der Waals surface area contributed by atoms with Crippen LogP contribution in [-0.2, 0) is 0 Å². The summed E-state index contributed by atoms with van der Waals surface area (Å²) >= 11 is 6.06. The number of nitriles is 1. The molecule has 0 saturated heterocycles. The van der Waals surface area contributed by atoms with E-state index in [-0.39, 0.29) is 6.04 Å². The summed E-state index contributed by atoms with van der Waals surface area (Å²) in [6.07, 6.45) is 4.77. The number of hydrogen-bond donors (Lipinski definition) is 2. The Bertz CT molecular complexity index is 400. The first-order valence-corrected chi connectivity index (χ1v) is 6.11. The minimum absolute atomic E-state index is 0.147. The van der Waals surface area contributed by atoms with E-state index in [1.54, 1.807) is 12.3 Å². The van der Waals surface area contributed by atoms with Gasteiger partial charge in [-0.3, -0.25) is 0 Å². The molecular formula is C12H17ClN4. The average molecular weight is 253 g/mol. The largest absolute Gasteiger partial charge is 0.365 e. The van der Waals surface area contributed by atoms with Crippen LogP contribution in [0.1, 0.15) is 31.7 Å². The molecule has 1 rings (SSSR count). The van der Waals surface area contributed by atoms with Crippen LogP contribution in [0.5, 0.6) is 0 Å². The molecule has 1 heterocycles. The third-order valence-corrected chi connectivity index (χ3v) is 2.92. The van der Waals surface area contributed by atoms with E-state index in [2.05, 4.69) is 17.2 Å². The molecule has 0 fully saturated rings. The SMILES string of the molecule is CCCCC(CN)Nc1nccc(C#N)c1Cl. The summed E-state index contributed by atoms with van der Waals surface area (Å²) < 4.78 is 0. The normalized spacial score (nSPS) is 11.9. The van der Waals surface area contributed by atoms with Crippen LogP contribution in [0.3, 0.4) is 0 Å². The highest BCUT2D eigenvalue weighted by molar-refractivity contribution is 6.34. The Kier molecular flexibility index (Phi) is 5.75. The predicted molar refractivity (Wildman–Crippen MR) is 70.0 cm³/mol. The topological polar surface area (TPSA) is 74.7 Å². The van der Waals surface area contributed by atoms with Gasteiger partial charge >= 0.3 is 0 Å². The van der Waals surface area contributed by atoms with Crippen molar-refractivity contribution in [1.29, 1.82) is 5.26 Å². The number of halogens is 1. The van der Waals surface area contributed by atoms with Gasteiger partial charge in [0.15, 0.2) is 0 Å².